The van der Waals surface area contributed by atoms with Crippen molar-refractivity contribution >= 4 is 39.6 Å². The van der Waals surface area contributed by atoms with Gasteiger partial charge in [0.1, 0.15) is 0 Å². The first-order chi connectivity index (χ1) is 11.9. The number of carbonyl (C=O) groups is 2. The molecule has 0 bridgehead atoms. The van der Waals surface area contributed by atoms with E-state index in [4.69, 9.17) is 4.74 Å². The minimum atomic E-state index is -0.406. The molecule has 2 aromatic carbocycles. The molecule has 1 amide bonds. The predicted molar refractivity (Wildman–Crippen MR) is 104 cm³/mol. The maximum absolute atomic E-state index is 11.9. The summed E-state index contributed by atoms with van der Waals surface area (Å²) < 4.78 is 6.01. The first-order valence-electron chi connectivity index (χ1n) is 7.84. The molecule has 0 fully saturated rings. The van der Waals surface area contributed by atoms with E-state index in [1.54, 1.807) is 0 Å². The maximum Gasteiger partial charge on any atom is 0.316 e. The van der Waals surface area contributed by atoms with Crippen LogP contribution in [0.1, 0.15) is 24.1 Å². The number of ether oxygens (including phenoxy) is 1. The molecule has 1 atom stereocenters. The average Bonchev–Trinajstić information content (AvgIpc) is 2.60. The number of amides is 1. The summed E-state index contributed by atoms with van der Waals surface area (Å²) in [6.45, 7) is 3.63. The third-order valence-electron chi connectivity index (χ3n) is 3.49. The van der Waals surface area contributed by atoms with E-state index in [1.807, 2.05) is 62.4 Å². The smallest absolute Gasteiger partial charge is 0.316 e. The van der Waals surface area contributed by atoms with Gasteiger partial charge in [-0.1, -0.05) is 45.8 Å². The SMILES string of the molecule is Cc1ccc(SCC(=O)OCC(=O)N[C@H](C)c2ccc(Br)cc2)cc1. The van der Waals surface area contributed by atoms with Gasteiger partial charge in [0.25, 0.3) is 5.91 Å². The number of hydrogen-bond donors (Lipinski definition) is 1. The Morgan fingerprint density at radius 1 is 1.12 bits per heavy atom. The monoisotopic (exact) mass is 421 g/mol. The molecular weight excluding hydrogens is 402 g/mol. The lowest BCUT2D eigenvalue weighted by molar-refractivity contribution is -0.146. The van der Waals surface area contributed by atoms with Crippen molar-refractivity contribution in [1.29, 1.82) is 0 Å². The van der Waals surface area contributed by atoms with Gasteiger partial charge in [0.05, 0.1) is 11.8 Å². The summed E-state index contributed by atoms with van der Waals surface area (Å²) in [6.07, 6.45) is 0. The molecule has 0 saturated heterocycles. The van der Waals surface area contributed by atoms with E-state index in [0.717, 1.165) is 14.9 Å². The van der Waals surface area contributed by atoms with E-state index in [0.29, 0.717) is 0 Å². The van der Waals surface area contributed by atoms with Crippen LogP contribution in [0, 0.1) is 6.92 Å². The predicted octanol–water partition coefficient (Wildman–Crippen LogP) is 4.27. The molecule has 0 heterocycles. The zero-order chi connectivity index (χ0) is 18.2. The van der Waals surface area contributed by atoms with Gasteiger partial charge in [-0.3, -0.25) is 9.59 Å². The molecule has 132 valence electrons. The molecule has 1 N–H and O–H groups in total. The summed E-state index contributed by atoms with van der Waals surface area (Å²) in [6, 6.07) is 15.4. The van der Waals surface area contributed by atoms with Crippen molar-refractivity contribution in [2.45, 2.75) is 24.8 Å². The van der Waals surface area contributed by atoms with E-state index in [-0.39, 0.29) is 24.3 Å². The van der Waals surface area contributed by atoms with Gasteiger partial charge in [-0.25, -0.2) is 0 Å². The van der Waals surface area contributed by atoms with Crippen molar-refractivity contribution in [1.82, 2.24) is 5.32 Å². The lowest BCUT2D eigenvalue weighted by atomic mass is 10.1. The maximum atomic E-state index is 11.9. The highest BCUT2D eigenvalue weighted by Gasteiger charge is 2.12. The molecule has 4 nitrogen and oxygen atoms in total. The lowest BCUT2D eigenvalue weighted by Gasteiger charge is -2.14. The summed E-state index contributed by atoms with van der Waals surface area (Å²) in [4.78, 5) is 24.7. The van der Waals surface area contributed by atoms with Crippen LogP contribution in [0.25, 0.3) is 0 Å². The quantitative estimate of drug-likeness (QED) is 0.535. The number of rotatable bonds is 7. The van der Waals surface area contributed by atoms with Crippen LogP contribution >= 0.6 is 27.7 Å². The van der Waals surface area contributed by atoms with Crippen LogP contribution in [0.2, 0.25) is 0 Å². The van der Waals surface area contributed by atoms with Crippen LogP contribution in [-0.4, -0.2) is 24.2 Å². The summed E-state index contributed by atoms with van der Waals surface area (Å²) in [5.74, 6) is -0.542. The standard InChI is InChI=1S/C19H20BrNO3S/c1-13-3-9-17(10-4-13)25-12-19(23)24-11-18(22)21-14(2)15-5-7-16(20)8-6-15/h3-10,14H,11-12H2,1-2H3,(H,21,22)/t14-/m1/s1. The molecule has 2 aromatic rings. The van der Waals surface area contributed by atoms with Gasteiger partial charge < -0.3 is 10.1 Å². The number of esters is 1. The average molecular weight is 422 g/mol. The van der Waals surface area contributed by atoms with Gasteiger partial charge in [0, 0.05) is 9.37 Å². The van der Waals surface area contributed by atoms with E-state index in [9.17, 15) is 9.59 Å². The minimum Gasteiger partial charge on any atom is -0.455 e. The van der Waals surface area contributed by atoms with Crippen molar-refractivity contribution in [2.24, 2.45) is 0 Å². The fraction of sp³-hybridized carbons (Fsp3) is 0.263. The Morgan fingerprint density at radius 2 is 1.76 bits per heavy atom. The Labute approximate surface area is 160 Å². The van der Waals surface area contributed by atoms with Crippen molar-refractivity contribution in [2.75, 3.05) is 12.4 Å². The van der Waals surface area contributed by atoms with Crippen LogP contribution in [0.15, 0.2) is 57.9 Å². The Kier molecular flexibility index (Phi) is 7.52. The van der Waals surface area contributed by atoms with Crippen LogP contribution in [-0.2, 0) is 14.3 Å². The van der Waals surface area contributed by atoms with Crippen LogP contribution < -0.4 is 5.32 Å². The highest BCUT2D eigenvalue weighted by molar-refractivity contribution is 9.10. The van der Waals surface area contributed by atoms with E-state index in [1.165, 1.54) is 17.3 Å². The normalized spacial score (nSPS) is 11.6. The number of benzene rings is 2. The first kappa shape index (κ1) is 19.5. The number of carbonyl (C=O) groups excluding carboxylic acids is 2. The van der Waals surface area contributed by atoms with Gasteiger partial charge in [-0.2, -0.15) is 0 Å². The van der Waals surface area contributed by atoms with Crippen LogP contribution in [0.5, 0.6) is 0 Å². The summed E-state index contributed by atoms with van der Waals surface area (Å²) in [7, 11) is 0. The van der Waals surface area contributed by atoms with E-state index < -0.39 is 5.97 Å². The Hall–Kier alpha value is -1.79. The Morgan fingerprint density at radius 3 is 2.40 bits per heavy atom. The number of halogens is 1. The second kappa shape index (κ2) is 9.63. The zero-order valence-corrected chi connectivity index (χ0v) is 16.5. The van der Waals surface area contributed by atoms with Crippen molar-refractivity contribution in [3.05, 3.63) is 64.1 Å². The Bertz CT molecular complexity index is 716. The molecule has 0 unspecified atom stereocenters. The molecule has 25 heavy (non-hydrogen) atoms. The van der Waals surface area contributed by atoms with Crippen molar-refractivity contribution < 1.29 is 14.3 Å². The third kappa shape index (κ3) is 6.92. The zero-order valence-electron chi connectivity index (χ0n) is 14.1. The molecule has 0 radical (unpaired) electrons. The lowest BCUT2D eigenvalue weighted by Crippen LogP contribution is -2.31. The van der Waals surface area contributed by atoms with Crippen LogP contribution in [0.3, 0.4) is 0 Å². The second-order valence-corrected chi connectivity index (χ2v) is 7.57. The second-order valence-electron chi connectivity index (χ2n) is 5.60. The summed E-state index contributed by atoms with van der Waals surface area (Å²) >= 11 is 4.76. The molecular formula is C19H20BrNO3S. The third-order valence-corrected chi connectivity index (χ3v) is 5.00. The molecule has 2 rings (SSSR count). The van der Waals surface area contributed by atoms with Crippen molar-refractivity contribution in [3.8, 4) is 0 Å². The number of aryl methyl sites for hydroxylation is 1. The molecule has 0 aliphatic rings. The van der Waals surface area contributed by atoms with Gasteiger partial charge in [0.2, 0.25) is 0 Å². The fourth-order valence-corrected chi connectivity index (χ4v) is 3.04. The summed E-state index contributed by atoms with van der Waals surface area (Å²) in [5.41, 5.74) is 2.15. The fourth-order valence-electron chi connectivity index (χ4n) is 2.08. The highest BCUT2D eigenvalue weighted by atomic mass is 79.9. The molecule has 6 heteroatoms. The van der Waals surface area contributed by atoms with Gasteiger partial charge >= 0.3 is 5.97 Å². The molecule has 0 spiro atoms. The Balaban J connectivity index is 1.70. The van der Waals surface area contributed by atoms with E-state index in [2.05, 4.69) is 21.2 Å². The molecule has 0 aromatic heterocycles. The van der Waals surface area contributed by atoms with Gasteiger partial charge in [-0.05, 0) is 43.7 Å². The summed E-state index contributed by atoms with van der Waals surface area (Å²) in [5, 5.41) is 2.81. The number of thioether (sulfide) groups is 1. The molecule has 0 aliphatic carbocycles. The first-order valence-corrected chi connectivity index (χ1v) is 9.62. The van der Waals surface area contributed by atoms with Gasteiger partial charge in [0.15, 0.2) is 6.61 Å². The van der Waals surface area contributed by atoms with E-state index >= 15 is 0 Å². The largest absolute Gasteiger partial charge is 0.455 e. The van der Waals surface area contributed by atoms with Crippen molar-refractivity contribution in [3.63, 3.8) is 0 Å². The molecule has 0 saturated carbocycles. The highest BCUT2D eigenvalue weighted by Crippen LogP contribution is 2.18. The number of hydrogen-bond acceptors (Lipinski definition) is 4. The van der Waals surface area contributed by atoms with Crippen LogP contribution in [0.4, 0.5) is 0 Å². The minimum absolute atomic E-state index is 0.152. The molecule has 0 aliphatic heterocycles. The topological polar surface area (TPSA) is 55.4 Å². The number of nitrogens with one attached hydrogen (secondary N) is 1. The van der Waals surface area contributed by atoms with Gasteiger partial charge in [-0.15, -0.1) is 11.8 Å².